The Hall–Kier alpha value is -1.91. The number of nitriles is 1. The molecule has 0 radical (unpaired) electrons. The summed E-state index contributed by atoms with van der Waals surface area (Å²) in [4.78, 5) is 11.6. The van der Waals surface area contributed by atoms with Crippen molar-refractivity contribution in [1.82, 2.24) is 4.31 Å². The molecule has 1 N–H and O–H groups in total. The second kappa shape index (κ2) is 6.31. The predicted octanol–water partition coefficient (Wildman–Crippen LogP) is 0.583. The van der Waals surface area contributed by atoms with E-state index in [1.165, 1.54) is 7.05 Å². The van der Waals surface area contributed by atoms with Crippen molar-refractivity contribution in [3.8, 4) is 6.07 Å². The molecule has 1 aromatic carbocycles. The van der Waals surface area contributed by atoms with Crippen LogP contribution < -0.4 is 5.32 Å². The van der Waals surface area contributed by atoms with E-state index in [0.29, 0.717) is 12.1 Å². The largest absolute Gasteiger partial charge is 0.325 e. The fourth-order valence-electron chi connectivity index (χ4n) is 1.32. The molecule has 1 rings (SSSR count). The molecular formula is C12H15N3O3S. The molecule has 1 amide bonds. The lowest BCUT2D eigenvalue weighted by atomic mass is 10.1. The lowest BCUT2D eigenvalue weighted by Crippen LogP contribution is -2.34. The fraction of sp³-hybridized carbons (Fsp3) is 0.333. The normalized spacial score (nSPS) is 11.1. The van der Waals surface area contributed by atoms with Crippen molar-refractivity contribution >= 4 is 21.6 Å². The van der Waals surface area contributed by atoms with Gasteiger partial charge in [-0.25, -0.2) is 8.42 Å². The molecule has 19 heavy (non-hydrogen) atoms. The van der Waals surface area contributed by atoms with Gasteiger partial charge in [0.2, 0.25) is 15.9 Å². The monoisotopic (exact) mass is 281 g/mol. The lowest BCUT2D eigenvalue weighted by Gasteiger charge is -2.13. The maximum atomic E-state index is 11.6. The van der Waals surface area contributed by atoms with E-state index in [2.05, 4.69) is 5.32 Å². The third-order valence-electron chi connectivity index (χ3n) is 2.45. The maximum Gasteiger partial charge on any atom is 0.239 e. The zero-order chi connectivity index (χ0) is 14.5. The summed E-state index contributed by atoms with van der Waals surface area (Å²) < 4.78 is 23.3. The van der Waals surface area contributed by atoms with E-state index in [1.807, 2.05) is 6.07 Å². The number of sulfonamides is 1. The molecule has 0 atom stereocenters. The van der Waals surface area contributed by atoms with E-state index in [-0.39, 0.29) is 6.54 Å². The van der Waals surface area contributed by atoms with Crippen molar-refractivity contribution in [1.29, 1.82) is 5.26 Å². The molecule has 0 bridgehead atoms. The van der Waals surface area contributed by atoms with Crippen molar-refractivity contribution in [2.45, 2.75) is 6.42 Å². The standard InChI is InChI=1S/C12H15N3O3S/c1-15(19(2,17)18)9-12(16)14-11-5-3-10(4-6-11)7-8-13/h3-6H,7,9H2,1-2H3,(H,14,16). The van der Waals surface area contributed by atoms with Gasteiger partial charge in [-0.05, 0) is 17.7 Å². The van der Waals surface area contributed by atoms with Crippen LogP contribution in [0.4, 0.5) is 5.69 Å². The summed E-state index contributed by atoms with van der Waals surface area (Å²) >= 11 is 0. The zero-order valence-electron chi connectivity index (χ0n) is 10.8. The van der Waals surface area contributed by atoms with E-state index in [0.717, 1.165) is 16.1 Å². The van der Waals surface area contributed by atoms with Gasteiger partial charge in [-0.3, -0.25) is 4.79 Å². The van der Waals surface area contributed by atoms with Crippen molar-refractivity contribution in [3.05, 3.63) is 29.8 Å². The zero-order valence-corrected chi connectivity index (χ0v) is 11.6. The molecule has 0 aliphatic carbocycles. The first-order valence-electron chi connectivity index (χ1n) is 5.50. The number of carbonyl (C=O) groups is 1. The van der Waals surface area contributed by atoms with E-state index in [1.54, 1.807) is 24.3 Å². The molecule has 0 aromatic heterocycles. The van der Waals surface area contributed by atoms with Crippen molar-refractivity contribution < 1.29 is 13.2 Å². The molecule has 0 aliphatic rings. The van der Waals surface area contributed by atoms with Crippen LogP contribution in [0.3, 0.4) is 0 Å². The number of hydrogen-bond donors (Lipinski definition) is 1. The highest BCUT2D eigenvalue weighted by Gasteiger charge is 2.14. The van der Waals surface area contributed by atoms with Gasteiger partial charge in [0.05, 0.1) is 25.3 Å². The summed E-state index contributed by atoms with van der Waals surface area (Å²) in [6.07, 6.45) is 1.35. The minimum atomic E-state index is -3.37. The van der Waals surface area contributed by atoms with Gasteiger partial charge in [0.1, 0.15) is 0 Å². The minimum Gasteiger partial charge on any atom is -0.325 e. The molecule has 0 aliphatic heterocycles. The van der Waals surface area contributed by atoms with Crippen LogP contribution in [0.25, 0.3) is 0 Å². The third kappa shape index (κ3) is 5.07. The second-order valence-corrected chi connectivity index (χ2v) is 6.19. The SMILES string of the molecule is CN(CC(=O)Nc1ccc(CC#N)cc1)S(C)(=O)=O. The number of anilines is 1. The molecule has 7 heteroatoms. The molecule has 6 nitrogen and oxygen atoms in total. The Morgan fingerprint density at radius 3 is 2.42 bits per heavy atom. The molecule has 102 valence electrons. The number of likely N-dealkylation sites (N-methyl/N-ethyl adjacent to an activating group) is 1. The molecule has 0 unspecified atom stereocenters. The Balaban J connectivity index is 2.60. The Morgan fingerprint density at radius 1 is 1.37 bits per heavy atom. The molecule has 0 saturated heterocycles. The number of nitrogens with zero attached hydrogens (tertiary/aromatic N) is 2. The number of hydrogen-bond acceptors (Lipinski definition) is 4. The van der Waals surface area contributed by atoms with Crippen LogP contribution in [0.1, 0.15) is 5.56 Å². The minimum absolute atomic E-state index is 0.237. The van der Waals surface area contributed by atoms with Gasteiger partial charge in [-0.15, -0.1) is 0 Å². The van der Waals surface area contributed by atoms with Gasteiger partial charge >= 0.3 is 0 Å². The molecule has 0 heterocycles. The van der Waals surface area contributed by atoms with Gasteiger partial charge < -0.3 is 5.32 Å². The van der Waals surface area contributed by atoms with Gasteiger partial charge in [0.25, 0.3) is 0 Å². The van der Waals surface area contributed by atoms with Crippen LogP contribution in [0.15, 0.2) is 24.3 Å². The van der Waals surface area contributed by atoms with Crippen molar-refractivity contribution in [2.24, 2.45) is 0 Å². The van der Waals surface area contributed by atoms with Gasteiger partial charge in [0, 0.05) is 12.7 Å². The van der Waals surface area contributed by atoms with Gasteiger partial charge in [-0.1, -0.05) is 12.1 Å². The first-order chi connectivity index (χ1) is 8.82. The van der Waals surface area contributed by atoms with E-state index in [4.69, 9.17) is 5.26 Å². The highest BCUT2D eigenvalue weighted by molar-refractivity contribution is 7.88. The summed E-state index contributed by atoms with van der Waals surface area (Å²) in [6, 6.07) is 8.84. The predicted molar refractivity (Wildman–Crippen MR) is 71.9 cm³/mol. The average molecular weight is 281 g/mol. The van der Waals surface area contributed by atoms with Gasteiger partial charge in [-0.2, -0.15) is 9.57 Å². The van der Waals surface area contributed by atoms with Crippen molar-refractivity contribution in [3.63, 3.8) is 0 Å². The van der Waals surface area contributed by atoms with Crippen LogP contribution in [0, 0.1) is 11.3 Å². The first-order valence-corrected chi connectivity index (χ1v) is 7.35. The summed E-state index contributed by atoms with van der Waals surface area (Å²) in [5.41, 5.74) is 1.42. The number of benzene rings is 1. The maximum absolute atomic E-state index is 11.6. The van der Waals surface area contributed by atoms with Gasteiger partial charge in [0.15, 0.2) is 0 Å². The summed E-state index contributed by atoms with van der Waals surface area (Å²) in [7, 11) is -2.03. The topological polar surface area (TPSA) is 90.3 Å². The lowest BCUT2D eigenvalue weighted by molar-refractivity contribution is -0.116. The Labute approximate surface area is 112 Å². The quantitative estimate of drug-likeness (QED) is 0.855. The molecule has 1 aromatic rings. The molecule has 0 fully saturated rings. The Morgan fingerprint density at radius 2 is 1.95 bits per heavy atom. The number of carbonyl (C=O) groups excluding carboxylic acids is 1. The molecule has 0 spiro atoms. The third-order valence-corrected chi connectivity index (χ3v) is 3.71. The first kappa shape index (κ1) is 15.1. The Kier molecular flexibility index (Phi) is 5.03. The number of amides is 1. The smallest absolute Gasteiger partial charge is 0.239 e. The highest BCUT2D eigenvalue weighted by Crippen LogP contribution is 2.10. The van der Waals surface area contributed by atoms with Crippen LogP contribution in [-0.2, 0) is 21.2 Å². The summed E-state index contributed by atoms with van der Waals surface area (Å²) in [6.45, 7) is -0.237. The van der Waals surface area contributed by atoms with E-state index >= 15 is 0 Å². The van der Waals surface area contributed by atoms with Crippen LogP contribution >= 0.6 is 0 Å². The average Bonchev–Trinajstić information content (AvgIpc) is 2.30. The van der Waals surface area contributed by atoms with Crippen LogP contribution in [0.2, 0.25) is 0 Å². The van der Waals surface area contributed by atoms with Crippen molar-refractivity contribution in [2.75, 3.05) is 25.2 Å². The highest BCUT2D eigenvalue weighted by atomic mass is 32.2. The van der Waals surface area contributed by atoms with E-state index < -0.39 is 15.9 Å². The second-order valence-electron chi connectivity index (χ2n) is 4.10. The summed E-state index contributed by atoms with van der Waals surface area (Å²) in [5.74, 6) is -0.416. The fourth-order valence-corrected chi connectivity index (χ4v) is 1.67. The molecule has 0 saturated carbocycles. The van der Waals surface area contributed by atoms with Crippen LogP contribution in [-0.4, -0.2) is 38.5 Å². The summed E-state index contributed by atoms with van der Waals surface area (Å²) in [5, 5.41) is 11.1. The van der Waals surface area contributed by atoms with Crippen LogP contribution in [0.5, 0.6) is 0 Å². The number of nitrogens with one attached hydrogen (secondary N) is 1. The molecular weight excluding hydrogens is 266 g/mol. The Bertz CT molecular complexity index is 588. The number of rotatable bonds is 5. The van der Waals surface area contributed by atoms with E-state index in [9.17, 15) is 13.2 Å².